The van der Waals surface area contributed by atoms with Gasteiger partial charge < -0.3 is 19.5 Å². The molecule has 1 amide bonds. The maximum absolute atomic E-state index is 14.3. The van der Waals surface area contributed by atoms with Crippen LogP contribution in [0.25, 0.3) is 0 Å². The Morgan fingerprint density at radius 3 is 2.76 bits per heavy atom. The van der Waals surface area contributed by atoms with E-state index in [1.165, 1.54) is 11.0 Å². The van der Waals surface area contributed by atoms with Gasteiger partial charge in [0.2, 0.25) is 0 Å². The maximum Gasteiger partial charge on any atom is 0.414 e. The second-order valence-electron chi connectivity index (χ2n) is 5.01. The normalized spacial score (nSPS) is 22.6. The predicted molar refractivity (Wildman–Crippen MR) is 74.1 cm³/mol. The van der Waals surface area contributed by atoms with Crippen LogP contribution in [0.4, 0.5) is 20.6 Å². The minimum Gasteiger partial charge on any atom is -0.441 e. The summed E-state index contributed by atoms with van der Waals surface area (Å²) in [5.41, 5.74) is 0.856. The third-order valence-electron chi connectivity index (χ3n) is 3.66. The molecule has 6 nitrogen and oxygen atoms in total. The van der Waals surface area contributed by atoms with Crippen molar-refractivity contribution in [3.05, 3.63) is 24.0 Å². The van der Waals surface area contributed by atoms with Crippen molar-refractivity contribution < 1.29 is 23.8 Å². The molecule has 2 aliphatic rings. The highest BCUT2D eigenvalue weighted by Gasteiger charge is 2.34. The minimum absolute atomic E-state index is 0.218. The highest BCUT2D eigenvalue weighted by atomic mass is 19.1. The van der Waals surface area contributed by atoms with Crippen molar-refractivity contribution in [3.63, 3.8) is 0 Å². The zero-order valence-electron chi connectivity index (χ0n) is 11.5. The summed E-state index contributed by atoms with van der Waals surface area (Å²) in [4.78, 5) is 15.2. The van der Waals surface area contributed by atoms with Crippen LogP contribution in [0, 0.1) is 5.82 Å². The van der Waals surface area contributed by atoms with E-state index >= 15 is 0 Å². The molecule has 0 spiro atoms. The topological polar surface area (TPSA) is 62.2 Å². The van der Waals surface area contributed by atoms with E-state index in [4.69, 9.17) is 14.6 Å². The van der Waals surface area contributed by atoms with Crippen molar-refractivity contribution in [2.75, 3.05) is 49.3 Å². The molecule has 0 saturated carbocycles. The molecule has 2 aliphatic heterocycles. The van der Waals surface area contributed by atoms with Crippen LogP contribution in [0.5, 0.6) is 0 Å². The van der Waals surface area contributed by atoms with Gasteiger partial charge in [0.25, 0.3) is 0 Å². The lowest BCUT2D eigenvalue weighted by molar-refractivity contribution is 0.0963. The number of aliphatic hydroxyl groups excluding tert-OH is 1. The zero-order valence-corrected chi connectivity index (χ0v) is 11.5. The number of anilines is 2. The van der Waals surface area contributed by atoms with E-state index in [2.05, 4.69) is 0 Å². The number of ether oxygens (including phenoxy) is 2. The highest BCUT2D eigenvalue weighted by Crippen LogP contribution is 2.35. The number of halogens is 1. The van der Waals surface area contributed by atoms with Crippen molar-refractivity contribution in [2.24, 2.45) is 0 Å². The standard InChI is InChI=1S/C14H17FN2O4/c15-11-2-1-3-12(13(11)16-4-6-20-7-5-16)17-8-10(9-18)21-14(17)19/h1-3,10,18H,4-9H2. The summed E-state index contributed by atoms with van der Waals surface area (Å²) in [6, 6.07) is 4.63. The van der Waals surface area contributed by atoms with E-state index in [1.54, 1.807) is 12.1 Å². The summed E-state index contributed by atoms with van der Waals surface area (Å²) >= 11 is 0. The van der Waals surface area contributed by atoms with Crippen molar-refractivity contribution in [1.82, 2.24) is 0 Å². The number of hydrogen-bond acceptors (Lipinski definition) is 5. The Kier molecular flexibility index (Phi) is 3.94. The van der Waals surface area contributed by atoms with Gasteiger partial charge >= 0.3 is 6.09 Å². The number of cyclic esters (lactones) is 1. The van der Waals surface area contributed by atoms with Gasteiger partial charge in [-0.1, -0.05) is 6.07 Å². The minimum atomic E-state index is -0.571. The molecular formula is C14H17FN2O4. The lowest BCUT2D eigenvalue weighted by Gasteiger charge is -2.32. The number of para-hydroxylation sites is 1. The quantitative estimate of drug-likeness (QED) is 0.901. The molecule has 2 fully saturated rings. The molecule has 0 bridgehead atoms. The SMILES string of the molecule is O=C1OC(CO)CN1c1cccc(F)c1N1CCOCC1. The van der Waals surface area contributed by atoms with E-state index in [1.807, 2.05) is 4.90 Å². The summed E-state index contributed by atoms with van der Waals surface area (Å²) in [7, 11) is 0. The number of morpholine rings is 1. The van der Waals surface area contributed by atoms with Gasteiger partial charge in [-0.15, -0.1) is 0 Å². The van der Waals surface area contributed by atoms with Gasteiger partial charge in [0.15, 0.2) is 0 Å². The lowest BCUT2D eigenvalue weighted by Crippen LogP contribution is -2.38. The van der Waals surface area contributed by atoms with Crippen LogP contribution in [0.1, 0.15) is 0 Å². The van der Waals surface area contributed by atoms with Crippen LogP contribution in [-0.4, -0.2) is 56.8 Å². The van der Waals surface area contributed by atoms with Gasteiger partial charge in [0.1, 0.15) is 11.9 Å². The zero-order chi connectivity index (χ0) is 14.8. The van der Waals surface area contributed by atoms with Crippen LogP contribution in [0.15, 0.2) is 18.2 Å². The Bertz CT molecular complexity index is 534. The third kappa shape index (κ3) is 2.66. The Labute approximate surface area is 121 Å². The smallest absolute Gasteiger partial charge is 0.414 e. The number of rotatable bonds is 3. The molecular weight excluding hydrogens is 279 g/mol. The fourth-order valence-corrected chi connectivity index (χ4v) is 2.64. The molecule has 1 aromatic rings. The molecule has 3 rings (SSSR count). The average molecular weight is 296 g/mol. The van der Waals surface area contributed by atoms with Gasteiger partial charge in [0, 0.05) is 13.1 Å². The second-order valence-corrected chi connectivity index (χ2v) is 5.01. The van der Waals surface area contributed by atoms with Crippen LogP contribution in [-0.2, 0) is 9.47 Å². The summed E-state index contributed by atoms with van der Waals surface area (Å²) in [6.07, 6.45) is -1.13. The number of benzene rings is 1. The van der Waals surface area contributed by atoms with E-state index in [-0.39, 0.29) is 19.0 Å². The Morgan fingerprint density at radius 2 is 2.10 bits per heavy atom. The van der Waals surface area contributed by atoms with Crippen LogP contribution in [0.3, 0.4) is 0 Å². The number of hydrogen-bond donors (Lipinski definition) is 1. The first kappa shape index (κ1) is 14.1. The number of carbonyl (C=O) groups is 1. The third-order valence-corrected chi connectivity index (χ3v) is 3.66. The average Bonchev–Trinajstić information content (AvgIpc) is 2.89. The first-order valence-electron chi connectivity index (χ1n) is 6.91. The molecule has 7 heteroatoms. The molecule has 1 atom stereocenters. The highest BCUT2D eigenvalue weighted by molar-refractivity contribution is 5.94. The molecule has 0 radical (unpaired) electrons. The number of amides is 1. The Hall–Kier alpha value is -1.86. The van der Waals surface area contributed by atoms with Gasteiger partial charge in [-0.05, 0) is 12.1 Å². The molecule has 1 aromatic carbocycles. The molecule has 1 unspecified atom stereocenters. The fraction of sp³-hybridized carbons (Fsp3) is 0.500. The molecule has 21 heavy (non-hydrogen) atoms. The monoisotopic (exact) mass is 296 g/mol. The van der Waals surface area contributed by atoms with Crippen molar-refractivity contribution in [3.8, 4) is 0 Å². The first-order chi connectivity index (χ1) is 10.2. The van der Waals surface area contributed by atoms with Crippen LogP contribution >= 0.6 is 0 Å². The van der Waals surface area contributed by atoms with Crippen molar-refractivity contribution in [1.29, 1.82) is 0 Å². The Balaban J connectivity index is 1.95. The van der Waals surface area contributed by atoms with Gasteiger partial charge in [-0.2, -0.15) is 0 Å². The largest absolute Gasteiger partial charge is 0.441 e. The van der Waals surface area contributed by atoms with Crippen LogP contribution in [0.2, 0.25) is 0 Å². The summed E-state index contributed by atoms with van der Waals surface area (Å²) in [6.45, 7) is 2.16. The van der Waals surface area contributed by atoms with Gasteiger partial charge in [0.05, 0.1) is 37.7 Å². The second kappa shape index (κ2) is 5.87. The molecule has 2 saturated heterocycles. The Morgan fingerprint density at radius 1 is 1.33 bits per heavy atom. The lowest BCUT2D eigenvalue weighted by atomic mass is 10.2. The molecule has 1 N–H and O–H groups in total. The number of carbonyl (C=O) groups excluding carboxylic acids is 1. The van der Waals surface area contributed by atoms with Crippen molar-refractivity contribution >= 4 is 17.5 Å². The number of nitrogens with zero attached hydrogens (tertiary/aromatic N) is 2. The molecule has 0 aromatic heterocycles. The van der Waals surface area contributed by atoms with Crippen molar-refractivity contribution in [2.45, 2.75) is 6.10 Å². The molecule has 2 heterocycles. The summed E-state index contributed by atoms with van der Waals surface area (Å²) in [5, 5.41) is 9.12. The molecule has 0 aliphatic carbocycles. The molecule has 114 valence electrons. The summed E-state index contributed by atoms with van der Waals surface area (Å²) in [5.74, 6) is -0.380. The van der Waals surface area contributed by atoms with Gasteiger partial charge in [-0.3, -0.25) is 4.90 Å². The van der Waals surface area contributed by atoms with E-state index < -0.39 is 12.2 Å². The number of aliphatic hydroxyl groups is 1. The van der Waals surface area contributed by atoms with Gasteiger partial charge in [-0.25, -0.2) is 9.18 Å². The van der Waals surface area contributed by atoms with E-state index in [9.17, 15) is 9.18 Å². The predicted octanol–water partition coefficient (Wildman–Crippen LogP) is 0.980. The van der Waals surface area contributed by atoms with E-state index in [0.717, 1.165) is 0 Å². The maximum atomic E-state index is 14.3. The van der Waals surface area contributed by atoms with E-state index in [0.29, 0.717) is 37.7 Å². The van der Waals surface area contributed by atoms with Crippen LogP contribution < -0.4 is 9.80 Å². The first-order valence-corrected chi connectivity index (χ1v) is 6.91. The fourth-order valence-electron chi connectivity index (χ4n) is 2.64. The summed E-state index contributed by atoms with van der Waals surface area (Å²) < 4.78 is 24.6.